The fourth-order valence-corrected chi connectivity index (χ4v) is 4.87. The van der Waals surface area contributed by atoms with Crippen molar-refractivity contribution >= 4 is 33.9 Å². The number of carbonyl (C=O) groups excluding carboxylic acids is 2. The Kier molecular flexibility index (Phi) is 8.21. The second-order valence-electron chi connectivity index (χ2n) is 8.14. The maximum Gasteiger partial charge on any atom is 0.432 e. The molecule has 5 N–H and O–H groups in total. The van der Waals surface area contributed by atoms with E-state index in [9.17, 15) is 22.8 Å². The Morgan fingerprint density at radius 3 is 2.43 bits per heavy atom. The van der Waals surface area contributed by atoms with Crippen molar-refractivity contribution in [2.75, 3.05) is 18.5 Å². The lowest BCUT2D eigenvalue weighted by Crippen LogP contribution is -2.30. The molecule has 35 heavy (non-hydrogen) atoms. The molecule has 2 aromatic rings. The van der Waals surface area contributed by atoms with Gasteiger partial charge in [0.15, 0.2) is 0 Å². The summed E-state index contributed by atoms with van der Waals surface area (Å²) in [5.74, 6) is -0.512. The first-order chi connectivity index (χ1) is 16.5. The summed E-state index contributed by atoms with van der Waals surface area (Å²) >= 11 is 1.28. The second kappa shape index (κ2) is 10.9. The molecule has 2 amide bonds. The van der Waals surface area contributed by atoms with Crippen molar-refractivity contribution in [3.05, 3.63) is 57.1 Å². The molecule has 1 aliphatic rings. The second-order valence-corrected chi connectivity index (χ2v) is 9.37. The van der Waals surface area contributed by atoms with Gasteiger partial charge >= 0.3 is 6.18 Å². The minimum atomic E-state index is -4.66. The number of carbonyl (C=O) groups is 2. The highest BCUT2D eigenvalue weighted by Crippen LogP contribution is 2.33. The number of hydrogen-bond acceptors (Lipinski definition) is 6. The van der Waals surface area contributed by atoms with Gasteiger partial charge in [-0.1, -0.05) is 0 Å². The number of anilines is 1. The van der Waals surface area contributed by atoms with Crippen LogP contribution in [0.15, 0.2) is 35.5 Å². The van der Waals surface area contributed by atoms with E-state index in [1.54, 1.807) is 31.2 Å². The van der Waals surface area contributed by atoms with Crippen LogP contribution in [0, 0.1) is 19.3 Å². The maximum atomic E-state index is 12.9. The van der Waals surface area contributed by atoms with E-state index in [0.29, 0.717) is 40.4 Å². The quantitative estimate of drug-likeness (QED) is 0.279. The Hall–Kier alpha value is -3.34. The Morgan fingerprint density at radius 1 is 1.14 bits per heavy atom. The molecule has 1 aromatic heterocycles. The molecule has 7 nitrogen and oxygen atoms in total. The number of primary amides is 1. The summed E-state index contributed by atoms with van der Waals surface area (Å²) in [6.45, 7) is 4.08. The van der Waals surface area contributed by atoms with Crippen LogP contribution in [0.4, 0.5) is 18.2 Å². The van der Waals surface area contributed by atoms with E-state index in [4.69, 9.17) is 15.9 Å². The smallest absolute Gasteiger partial charge is 0.432 e. The van der Waals surface area contributed by atoms with Crippen LogP contribution >= 0.6 is 11.3 Å². The molecule has 0 spiro atoms. The number of thiophene rings is 1. The van der Waals surface area contributed by atoms with Gasteiger partial charge in [0.05, 0.1) is 5.56 Å². The molecule has 1 heterocycles. The van der Waals surface area contributed by atoms with Gasteiger partial charge in [0, 0.05) is 28.3 Å². The molecule has 0 saturated heterocycles. The molecule has 3 rings (SSSR count). The Bertz CT molecular complexity index is 1150. The van der Waals surface area contributed by atoms with Crippen LogP contribution in [0.2, 0.25) is 0 Å². The van der Waals surface area contributed by atoms with Gasteiger partial charge in [-0.2, -0.15) is 13.2 Å². The molecular formula is C24H27F3N4O3S. The molecule has 0 unspecified atom stereocenters. The van der Waals surface area contributed by atoms with Crippen LogP contribution in [0.1, 0.15) is 56.8 Å². The molecule has 1 aromatic carbocycles. The molecule has 0 saturated carbocycles. The largest absolute Gasteiger partial charge is 0.492 e. The van der Waals surface area contributed by atoms with Crippen LogP contribution in [-0.2, 0) is 0 Å². The number of allylic oxidation sites excluding steroid dienone is 2. The minimum absolute atomic E-state index is 0.0229. The van der Waals surface area contributed by atoms with Gasteiger partial charge in [-0.05, 0) is 69.4 Å². The minimum Gasteiger partial charge on any atom is -0.492 e. The molecular weight excluding hydrogens is 481 g/mol. The van der Waals surface area contributed by atoms with E-state index < -0.39 is 23.7 Å². The van der Waals surface area contributed by atoms with Crippen molar-refractivity contribution in [1.82, 2.24) is 5.32 Å². The highest BCUT2D eigenvalue weighted by molar-refractivity contribution is 7.16. The molecule has 0 fully saturated rings. The lowest BCUT2D eigenvalue weighted by atomic mass is 9.92. The summed E-state index contributed by atoms with van der Waals surface area (Å²) in [5.41, 5.74) is 6.02. The number of hydrogen-bond donors (Lipinski definition) is 4. The third-order valence-corrected chi connectivity index (χ3v) is 6.86. The summed E-state index contributed by atoms with van der Waals surface area (Å²) in [4.78, 5) is 25.2. The van der Waals surface area contributed by atoms with Gasteiger partial charge < -0.3 is 21.1 Å². The normalized spacial score (nSPS) is 14.0. The summed E-state index contributed by atoms with van der Waals surface area (Å²) in [5, 5.41) is 13.6. The third kappa shape index (κ3) is 6.41. The maximum absolute atomic E-state index is 12.9. The number of nitrogens with two attached hydrogens (primary N) is 1. The molecule has 11 heteroatoms. The van der Waals surface area contributed by atoms with Crippen molar-refractivity contribution in [2.45, 2.75) is 45.7 Å². The monoisotopic (exact) mass is 508 g/mol. The first kappa shape index (κ1) is 26.3. The van der Waals surface area contributed by atoms with Gasteiger partial charge in [0.1, 0.15) is 23.1 Å². The van der Waals surface area contributed by atoms with Crippen LogP contribution in [0.5, 0.6) is 5.75 Å². The lowest BCUT2D eigenvalue weighted by Gasteiger charge is -2.23. The van der Waals surface area contributed by atoms with Crippen LogP contribution in [0.3, 0.4) is 0 Å². The van der Waals surface area contributed by atoms with Crippen molar-refractivity contribution in [3.63, 3.8) is 0 Å². The number of ether oxygens (including phenoxy) is 1. The number of alkyl halides is 3. The zero-order valence-electron chi connectivity index (χ0n) is 19.4. The average Bonchev–Trinajstić information content (AvgIpc) is 3.09. The zero-order valence-corrected chi connectivity index (χ0v) is 20.2. The van der Waals surface area contributed by atoms with Crippen molar-refractivity contribution in [1.29, 1.82) is 5.41 Å². The third-order valence-electron chi connectivity index (χ3n) is 5.74. The van der Waals surface area contributed by atoms with E-state index in [1.165, 1.54) is 11.3 Å². The highest BCUT2D eigenvalue weighted by Gasteiger charge is 2.38. The first-order valence-electron chi connectivity index (χ1n) is 11.0. The lowest BCUT2D eigenvalue weighted by molar-refractivity contribution is -0.0592. The topological polar surface area (TPSA) is 117 Å². The first-order valence-corrected chi connectivity index (χ1v) is 11.9. The van der Waals surface area contributed by atoms with Crippen molar-refractivity contribution in [2.24, 2.45) is 5.73 Å². The van der Waals surface area contributed by atoms with E-state index >= 15 is 0 Å². The summed E-state index contributed by atoms with van der Waals surface area (Å²) in [6, 6.07) is 6.36. The molecule has 0 bridgehead atoms. The number of halogens is 3. The van der Waals surface area contributed by atoms with E-state index in [0.717, 1.165) is 16.9 Å². The van der Waals surface area contributed by atoms with Gasteiger partial charge in [-0.3, -0.25) is 15.0 Å². The Balaban J connectivity index is 1.55. The van der Waals surface area contributed by atoms with Crippen molar-refractivity contribution in [3.8, 4) is 5.75 Å². The fourth-order valence-electron chi connectivity index (χ4n) is 3.81. The molecule has 188 valence electrons. The number of aryl methyl sites for hydroxylation is 1. The number of benzene rings is 1. The Morgan fingerprint density at radius 2 is 1.80 bits per heavy atom. The number of rotatable bonds is 9. The molecule has 0 atom stereocenters. The summed E-state index contributed by atoms with van der Waals surface area (Å²) in [6.07, 6.45) is -2.56. The zero-order chi connectivity index (χ0) is 25.8. The predicted octanol–water partition coefficient (Wildman–Crippen LogP) is 5.09. The Labute approximate surface area is 205 Å². The van der Waals surface area contributed by atoms with Crippen LogP contribution in [-0.4, -0.2) is 36.9 Å². The van der Waals surface area contributed by atoms with Gasteiger partial charge in [0.25, 0.3) is 11.8 Å². The highest BCUT2D eigenvalue weighted by atomic mass is 32.1. The summed E-state index contributed by atoms with van der Waals surface area (Å²) in [7, 11) is 0. The van der Waals surface area contributed by atoms with Crippen molar-refractivity contribution < 1.29 is 27.5 Å². The standard InChI is InChI=1S/C24H27F3N4O3S/c1-13-14(2)35-23(19(13)21(29)32)31-22(33)15-7-9-16(10-8-15)34-12-11-30-18-6-4-3-5-17(18)20(28)24(25,26)27/h7-10,28,30H,3-6,11-12H2,1-2H3,(H2,29,32)(H,31,33). The van der Waals surface area contributed by atoms with Crippen LogP contribution < -0.4 is 21.1 Å². The molecule has 0 aliphatic heterocycles. The van der Waals surface area contributed by atoms with E-state index in [-0.39, 0.29) is 25.1 Å². The number of nitrogens with one attached hydrogen (secondary N) is 3. The van der Waals surface area contributed by atoms with Gasteiger partial charge in [-0.25, -0.2) is 0 Å². The van der Waals surface area contributed by atoms with Gasteiger partial charge in [-0.15, -0.1) is 11.3 Å². The van der Waals surface area contributed by atoms with Gasteiger partial charge in [0.2, 0.25) is 0 Å². The molecule has 1 aliphatic carbocycles. The molecule has 0 radical (unpaired) electrons. The fraction of sp³-hybridized carbons (Fsp3) is 0.375. The SMILES string of the molecule is Cc1sc(NC(=O)c2ccc(OCCNC3=C(C(=N)C(F)(F)F)CCCC3)cc2)c(C(N)=O)c1C. The number of amides is 2. The van der Waals surface area contributed by atoms with Crippen LogP contribution in [0.25, 0.3) is 0 Å². The predicted molar refractivity (Wildman–Crippen MR) is 129 cm³/mol. The van der Waals surface area contributed by atoms with E-state index in [2.05, 4.69) is 10.6 Å². The summed E-state index contributed by atoms with van der Waals surface area (Å²) < 4.78 is 44.5. The average molecular weight is 509 g/mol. The van der Waals surface area contributed by atoms with E-state index in [1.807, 2.05) is 6.92 Å².